The van der Waals surface area contributed by atoms with Gasteiger partial charge in [0.05, 0.1) is 5.56 Å². The van der Waals surface area contributed by atoms with Crippen LogP contribution in [0.25, 0.3) is 0 Å². The Labute approximate surface area is 88.5 Å². The van der Waals surface area contributed by atoms with Crippen molar-refractivity contribution in [3.63, 3.8) is 0 Å². The van der Waals surface area contributed by atoms with E-state index in [1.54, 1.807) is 12.1 Å². The monoisotopic (exact) mass is 213 g/mol. The Hall–Kier alpha value is -1.06. The number of aromatic carboxylic acids is 1. The van der Waals surface area contributed by atoms with Crippen LogP contribution >= 0.6 is 12.4 Å². The summed E-state index contributed by atoms with van der Waals surface area (Å²) >= 11 is 0. The molecule has 1 aromatic carbocycles. The van der Waals surface area contributed by atoms with Crippen LogP contribution in [0.2, 0.25) is 0 Å². The van der Waals surface area contributed by atoms with Crippen molar-refractivity contribution in [2.24, 2.45) is 0 Å². The van der Waals surface area contributed by atoms with Crippen molar-refractivity contribution in [2.45, 2.75) is 12.5 Å². The molecule has 14 heavy (non-hydrogen) atoms. The van der Waals surface area contributed by atoms with Gasteiger partial charge in [-0.3, -0.25) is 0 Å². The van der Waals surface area contributed by atoms with Gasteiger partial charge in [-0.05, 0) is 30.7 Å². The minimum atomic E-state index is -0.867. The Morgan fingerprint density at radius 3 is 2.29 bits per heavy atom. The van der Waals surface area contributed by atoms with Crippen LogP contribution in [-0.4, -0.2) is 17.6 Å². The van der Waals surface area contributed by atoms with Crippen molar-refractivity contribution in [1.82, 2.24) is 5.32 Å². The normalized spacial score (nSPS) is 19.3. The topological polar surface area (TPSA) is 49.3 Å². The molecule has 2 N–H and O–H groups in total. The van der Waals surface area contributed by atoms with Crippen LogP contribution in [-0.2, 0) is 0 Å². The lowest BCUT2D eigenvalue weighted by Crippen LogP contribution is -2.34. The third kappa shape index (κ3) is 2.05. The van der Waals surface area contributed by atoms with Crippen LogP contribution in [0.4, 0.5) is 0 Å². The second kappa shape index (κ2) is 4.44. The van der Waals surface area contributed by atoms with E-state index < -0.39 is 5.97 Å². The van der Waals surface area contributed by atoms with Crippen LogP contribution in [0.5, 0.6) is 0 Å². The summed E-state index contributed by atoms with van der Waals surface area (Å²) in [6.07, 6.45) is 1.15. The molecule has 0 aliphatic carbocycles. The van der Waals surface area contributed by atoms with Gasteiger partial charge in [0.1, 0.15) is 0 Å². The number of benzene rings is 1. The maximum Gasteiger partial charge on any atom is 0.335 e. The zero-order valence-corrected chi connectivity index (χ0v) is 8.38. The lowest BCUT2D eigenvalue weighted by molar-refractivity contribution is 0.0697. The highest BCUT2D eigenvalue weighted by Gasteiger charge is 2.18. The van der Waals surface area contributed by atoms with Crippen molar-refractivity contribution >= 4 is 18.4 Å². The van der Waals surface area contributed by atoms with Gasteiger partial charge in [0.2, 0.25) is 0 Å². The van der Waals surface area contributed by atoms with E-state index in [1.165, 1.54) is 5.56 Å². The van der Waals surface area contributed by atoms with Crippen molar-refractivity contribution < 1.29 is 9.90 Å². The summed E-state index contributed by atoms with van der Waals surface area (Å²) in [5.41, 5.74) is 1.53. The maximum atomic E-state index is 10.5. The molecule has 0 unspecified atom stereocenters. The third-order valence-corrected chi connectivity index (χ3v) is 2.38. The summed E-state index contributed by atoms with van der Waals surface area (Å²) in [5.74, 6) is -0.867. The Balaban J connectivity index is 0.000000980. The molecule has 4 heteroatoms. The predicted molar refractivity (Wildman–Crippen MR) is 56.0 cm³/mol. The minimum Gasteiger partial charge on any atom is -0.478 e. The van der Waals surface area contributed by atoms with Gasteiger partial charge in [-0.1, -0.05) is 12.1 Å². The highest BCUT2D eigenvalue weighted by atomic mass is 35.5. The molecule has 1 aliphatic heterocycles. The first-order valence-electron chi connectivity index (χ1n) is 4.34. The lowest BCUT2D eigenvalue weighted by atomic mass is 9.97. The van der Waals surface area contributed by atoms with Gasteiger partial charge >= 0.3 is 5.97 Å². The van der Waals surface area contributed by atoms with E-state index in [4.69, 9.17) is 5.11 Å². The van der Waals surface area contributed by atoms with Gasteiger partial charge in [0.15, 0.2) is 0 Å². The van der Waals surface area contributed by atoms with E-state index in [-0.39, 0.29) is 12.4 Å². The minimum absolute atomic E-state index is 0. The molecule has 1 atom stereocenters. The number of nitrogens with one attached hydrogen (secondary N) is 1. The van der Waals surface area contributed by atoms with Crippen molar-refractivity contribution in [2.75, 3.05) is 6.54 Å². The van der Waals surface area contributed by atoms with Crippen LogP contribution in [0, 0.1) is 0 Å². The summed E-state index contributed by atoms with van der Waals surface area (Å²) in [6.45, 7) is 1.06. The first kappa shape index (κ1) is 11.0. The van der Waals surface area contributed by atoms with E-state index in [0.717, 1.165) is 13.0 Å². The first-order chi connectivity index (χ1) is 6.27. The van der Waals surface area contributed by atoms with E-state index >= 15 is 0 Å². The number of hydrogen-bond acceptors (Lipinski definition) is 2. The van der Waals surface area contributed by atoms with Gasteiger partial charge in [-0.25, -0.2) is 4.79 Å². The molecule has 0 saturated carbocycles. The molecular formula is C10H12ClNO2. The number of carboxylic acids is 1. The number of rotatable bonds is 2. The quantitative estimate of drug-likeness (QED) is 0.788. The summed E-state index contributed by atoms with van der Waals surface area (Å²) in [7, 11) is 0. The lowest BCUT2D eigenvalue weighted by Gasteiger charge is -2.27. The zero-order valence-electron chi connectivity index (χ0n) is 7.56. The molecule has 2 rings (SSSR count). The molecule has 1 heterocycles. The molecule has 1 fully saturated rings. The highest BCUT2D eigenvalue weighted by Crippen LogP contribution is 2.22. The van der Waals surface area contributed by atoms with Crippen LogP contribution in [0.1, 0.15) is 28.4 Å². The molecule has 1 aromatic rings. The fraction of sp³-hybridized carbons (Fsp3) is 0.300. The van der Waals surface area contributed by atoms with E-state index in [2.05, 4.69) is 5.32 Å². The van der Waals surface area contributed by atoms with Crippen LogP contribution < -0.4 is 5.32 Å². The average Bonchev–Trinajstić information content (AvgIpc) is 2.02. The summed E-state index contributed by atoms with van der Waals surface area (Å²) in [5, 5.41) is 11.9. The van der Waals surface area contributed by atoms with Gasteiger partial charge in [0, 0.05) is 6.04 Å². The van der Waals surface area contributed by atoms with Gasteiger partial charge in [-0.15, -0.1) is 12.4 Å². The van der Waals surface area contributed by atoms with E-state index in [9.17, 15) is 4.79 Å². The third-order valence-electron chi connectivity index (χ3n) is 2.38. The van der Waals surface area contributed by atoms with Gasteiger partial charge in [0.25, 0.3) is 0 Å². The van der Waals surface area contributed by atoms with E-state index in [1.807, 2.05) is 12.1 Å². The summed E-state index contributed by atoms with van der Waals surface area (Å²) in [4.78, 5) is 10.5. The predicted octanol–water partition coefficient (Wildman–Crippen LogP) is 1.84. The Bertz CT molecular complexity index is 319. The van der Waals surface area contributed by atoms with Crippen LogP contribution in [0.15, 0.2) is 24.3 Å². The standard InChI is InChI=1S/C10H11NO2.ClH/c12-10(13)8-3-1-7(2-4-8)9-5-6-11-9;/h1-4,9,11H,5-6H2,(H,12,13);1H/t9-;/m1./s1. The Kier molecular flexibility index (Phi) is 3.49. The number of halogens is 1. The molecule has 0 spiro atoms. The summed E-state index contributed by atoms with van der Waals surface area (Å²) in [6, 6.07) is 7.48. The molecule has 0 bridgehead atoms. The molecule has 0 radical (unpaired) electrons. The fourth-order valence-electron chi connectivity index (χ4n) is 1.43. The maximum absolute atomic E-state index is 10.5. The second-order valence-electron chi connectivity index (χ2n) is 3.22. The Morgan fingerprint density at radius 1 is 1.36 bits per heavy atom. The Morgan fingerprint density at radius 2 is 1.93 bits per heavy atom. The van der Waals surface area contributed by atoms with Crippen molar-refractivity contribution in [3.8, 4) is 0 Å². The van der Waals surface area contributed by atoms with E-state index in [0.29, 0.717) is 11.6 Å². The second-order valence-corrected chi connectivity index (χ2v) is 3.22. The molecule has 76 valence electrons. The summed E-state index contributed by atoms with van der Waals surface area (Å²) < 4.78 is 0. The fourth-order valence-corrected chi connectivity index (χ4v) is 1.43. The number of carboxylic acid groups (broad SMARTS) is 1. The zero-order chi connectivity index (χ0) is 9.26. The van der Waals surface area contributed by atoms with Crippen molar-refractivity contribution in [3.05, 3.63) is 35.4 Å². The van der Waals surface area contributed by atoms with Crippen LogP contribution in [0.3, 0.4) is 0 Å². The molecule has 0 aromatic heterocycles. The molecule has 1 aliphatic rings. The molecular weight excluding hydrogens is 202 g/mol. The average molecular weight is 214 g/mol. The molecule has 1 saturated heterocycles. The molecule has 3 nitrogen and oxygen atoms in total. The smallest absolute Gasteiger partial charge is 0.335 e. The SMILES string of the molecule is Cl.O=C(O)c1ccc([C@H]2CCN2)cc1. The first-order valence-corrected chi connectivity index (χ1v) is 4.34. The van der Waals surface area contributed by atoms with Gasteiger partial charge < -0.3 is 10.4 Å². The molecule has 0 amide bonds. The van der Waals surface area contributed by atoms with Gasteiger partial charge in [-0.2, -0.15) is 0 Å². The highest BCUT2D eigenvalue weighted by molar-refractivity contribution is 5.87. The number of hydrogen-bond donors (Lipinski definition) is 2. The largest absolute Gasteiger partial charge is 0.478 e. The van der Waals surface area contributed by atoms with Crippen molar-refractivity contribution in [1.29, 1.82) is 0 Å². The number of carbonyl (C=O) groups is 1.